The van der Waals surface area contributed by atoms with Gasteiger partial charge in [0.1, 0.15) is 10.0 Å². The van der Waals surface area contributed by atoms with E-state index in [2.05, 4.69) is 9.97 Å². The molecule has 0 spiro atoms. The van der Waals surface area contributed by atoms with Gasteiger partial charge >= 0.3 is 0 Å². The Labute approximate surface area is 120 Å². The number of pyridine rings is 1. The summed E-state index contributed by atoms with van der Waals surface area (Å²) >= 11 is 7.56. The zero-order valence-electron chi connectivity index (χ0n) is 10.3. The first-order chi connectivity index (χ1) is 9.16. The SMILES string of the molecule is CN(C(=O)C1CC1)c1sc(-c2cccnc2)nc1Cl. The van der Waals surface area contributed by atoms with Gasteiger partial charge in [-0.05, 0) is 25.0 Å². The number of thiazole rings is 1. The minimum absolute atomic E-state index is 0.128. The molecule has 0 bridgehead atoms. The molecule has 0 atom stereocenters. The van der Waals surface area contributed by atoms with Gasteiger partial charge in [0.15, 0.2) is 5.15 Å². The third-order valence-electron chi connectivity index (χ3n) is 3.04. The highest BCUT2D eigenvalue weighted by atomic mass is 35.5. The van der Waals surface area contributed by atoms with E-state index >= 15 is 0 Å². The summed E-state index contributed by atoms with van der Waals surface area (Å²) in [6, 6.07) is 3.78. The van der Waals surface area contributed by atoms with E-state index in [1.165, 1.54) is 11.3 Å². The van der Waals surface area contributed by atoms with Crippen LogP contribution in [0, 0.1) is 5.92 Å². The molecule has 3 rings (SSSR count). The fraction of sp³-hybridized carbons (Fsp3) is 0.308. The van der Waals surface area contributed by atoms with Gasteiger partial charge in [-0.15, -0.1) is 0 Å². The van der Waals surface area contributed by atoms with Crippen molar-refractivity contribution in [1.82, 2.24) is 9.97 Å². The first-order valence-corrected chi connectivity index (χ1v) is 7.20. The molecule has 19 heavy (non-hydrogen) atoms. The average Bonchev–Trinajstić information content (AvgIpc) is 3.21. The minimum atomic E-state index is 0.128. The molecular formula is C13H12ClN3OS. The number of anilines is 1. The van der Waals surface area contributed by atoms with Crippen LogP contribution in [0.3, 0.4) is 0 Å². The van der Waals surface area contributed by atoms with E-state index in [9.17, 15) is 4.79 Å². The first kappa shape index (κ1) is 12.6. The quantitative estimate of drug-likeness (QED) is 0.873. The number of hydrogen-bond donors (Lipinski definition) is 0. The number of rotatable bonds is 3. The van der Waals surface area contributed by atoms with E-state index in [0.717, 1.165) is 23.4 Å². The molecule has 1 saturated carbocycles. The van der Waals surface area contributed by atoms with Crippen molar-refractivity contribution in [3.8, 4) is 10.6 Å². The molecule has 2 heterocycles. The van der Waals surface area contributed by atoms with Gasteiger partial charge in [-0.25, -0.2) is 4.98 Å². The summed E-state index contributed by atoms with van der Waals surface area (Å²) in [7, 11) is 1.76. The Morgan fingerprint density at radius 2 is 2.32 bits per heavy atom. The largest absolute Gasteiger partial charge is 0.304 e. The lowest BCUT2D eigenvalue weighted by Gasteiger charge is -2.14. The molecule has 6 heteroatoms. The maximum atomic E-state index is 12.0. The predicted molar refractivity (Wildman–Crippen MR) is 76.5 cm³/mol. The van der Waals surface area contributed by atoms with E-state index in [0.29, 0.717) is 10.2 Å². The van der Waals surface area contributed by atoms with Gasteiger partial charge in [-0.1, -0.05) is 22.9 Å². The molecule has 0 N–H and O–H groups in total. The van der Waals surface area contributed by atoms with Crippen LogP contribution in [-0.2, 0) is 4.79 Å². The lowest BCUT2D eigenvalue weighted by Crippen LogP contribution is -2.26. The number of hydrogen-bond acceptors (Lipinski definition) is 4. The second kappa shape index (κ2) is 4.90. The molecular weight excluding hydrogens is 282 g/mol. The number of aromatic nitrogens is 2. The third-order valence-corrected chi connectivity index (χ3v) is 4.60. The Hall–Kier alpha value is -1.46. The van der Waals surface area contributed by atoms with E-state index < -0.39 is 0 Å². The van der Waals surface area contributed by atoms with Crippen molar-refractivity contribution in [2.45, 2.75) is 12.8 Å². The zero-order valence-corrected chi connectivity index (χ0v) is 11.9. The molecule has 2 aromatic rings. The Bertz CT molecular complexity index is 610. The summed E-state index contributed by atoms with van der Waals surface area (Å²) in [5, 5.41) is 1.86. The summed E-state index contributed by atoms with van der Waals surface area (Å²) in [6.45, 7) is 0. The van der Waals surface area contributed by atoms with Crippen LogP contribution in [0.5, 0.6) is 0 Å². The number of carbonyl (C=O) groups excluding carboxylic acids is 1. The Balaban J connectivity index is 1.91. The standard InChI is InChI=1S/C13H12ClN3OS/c1-17(12(18)8-4-5-8)13-10(14)16-11(19-13)9-3-2-6-15-7-9/h2-3,6-8H,4-5H2,1H3. The van der Waals surface area contributed by atoms with Crippen LogP contribution in [0.4, 0.5) is 5.00 Å². The predicted octanol–water partition coefficient (Wildman–Crippen LogP) is 3.23. The monoisotopic (exact) mass is 293 g/mol. The zero-order chi connectivity index (χ0) is 13.4. The highest BCUT2D eigenvalue weighted by Crippen LogP contribution is 2.39. The Morgan fingerprint density at radius 3 is 2.95 bits per heavy atom. The highest BCUT2D eigenvalue weighted by Gasteiger charge is 2.34. The van der Waals surface area contributed by atoms with Crippen molar-refractivity contribution >= 4 is 33.8 Å². The van der Waals surface area contributed by atoms with Gasteiger partial charge in [0.2, 0.25) is 5.91 Å². The fourth-order valence-corrected chi connectivity index (χ4v) is 3.11. The van der Waals surface area contributed by atoms with Crippen molar-refractivity contribution in [3.63, 3.8) is 0 Å². The summed E-state index contributed by atoms with van der Waals surface area (Å²) in [6.07, 6.45) is 5.41. The molecule has 0 aliphatic heterocycles. The molecule has 1 aliphatic carbocycles. The molecule has 1 amide bonds. The number of nitrogens with zero attached hydrogens (tertiary/aromatic N) is 3. The van der Waals surface area contributed by atoms with E-state index in [4.69, 9.17) is 11.6 Å². The molecule has 0 aromatic carbocycles. The van der Waals surface area contributed by atoms with Crippen LogP contribution < -0.4 is 4.90 Å². The number of halogens is 1. The maximum absolute atomic E-state index is 12.0. The second-order valence-electron chi connectivity index (χ2n) is 4.53. The molecule has 4 nitrogen and oxygen atoms in total. The van der Waals surface area contributed by atoms with Crippen molar-refractivity contribution in [2.75, 3.05) is 11.9 Å². The van der Waals surface area contributed by atoms with E-state index in [1.807, 2.05) is 12.1 Å². The fourth-order valence-electron chi connectivity index (χ4n) is 1.82. The van der Waals surface area contributed by atoms with Crippen LogP contribution in [0.2, 0.25) is 5.15 Å². The number of amides is 1. The van der Waals surface area contributed by atoms with Crippen LogP contribution in [0.15, 0.2) is 24.5 Å². The first-order valence-electron chi connectivity index (χ1n) is 6.01. The van der Waals surface area contributed by atoms with Crippen molar-refractivity contribution in [1.29, 1.82) is 0 Å². The van der Waals surface area contributed by atoms with Crippen molar-refractivity contribution < 1.29 is 4.79 Å². The summed E-state index contributed by atoms with van der Waals surface area (Å²) < 4.78 is 0. The third kappa shape index (κ3) is 2.48. The van der Waals surface area contributed by atoms with Crippen LogP contribution in [0.25, 0.3) is 10.6 Å². The summed E-state index contributed by atoms with van der Waals surface area (Å²) in [5.74, 6) is 0.299. The molecule has 2 aromatic heterocycles. The Morgan fingerprint density at radius 1 is 1.53 bits per heavy atom. The van der Waals surface area contributed by atoms with Crippen molar-refractivity contribution in [2.24, 2.45) is 5.92 Å². The van der Waals surface area contributed by atoms with Gasteiger partial charge in [0.25, 0.3) is 0 Å². The Kier molecular flexibility index (Phi) is 3.24. The van der Waals surface area contributed by atoms with Gasteiger partial charge in [-0.2, -0.15) is 0 Å². The highest BCUT2D eigenvalue weighted by molar-refractivity contribution is 7.19. The topological polar surface area (TPSA) is 46.1 Å². The summed E-state index contributed by atoms with van der Waals surface area (Å²) in [4.78, 5) is 22.0. The van der Waals surface area contributed by atoms with Gasteiger partial charge in [-0.3, -0.25) is 9.78 Å². The second-order valence-corrected chi connectivity index (χ2v) is 5.86. The molecule has 1 aliphatic rings. The number of carbonyl (C=O) groups is 1. The van der Waals surface area contributed by atoms with Gasteiger partial charge in [0.05, 0.1) is 0 Å². The van der Waals surface area contributed by atoms with E-state index in [1.54, 1.807) is 24.3 Å². The molecule has 98 valence electrons. The lowest BCUT2D eigenvalue weighted by atomic mass is 10.3. The maximum Gasteiger partial charge on any atom is 0.230 e. The molecule has 0 unspecified atom stereocenters. The van der Waals surface area contributed by atoms with E-state index in [-0.39, 0.29) is 11.8 Å². The normalized spacial score (nSPS) is 14.4. The van der Waals surface area contributed by atoms with Crippen LogP contribution >= 0.6 is 22.9 Å². The average molecular weight is 294 g/mol. The lowest BCUT2D eigenvalue weighted by molar-refractivity contribution is -0.119. The molecule has 1 fully saturated rings. The van der Waals surface area contributed by atoms with Crippen LogP contribution in [-0.4, -0.2) is 22.9 Å². The molecule has 0 saturated heterocycles. The minimum Gasteiger partial charge on any atom is -0.304 e. The van der Waals surface area contributed by atoms with Crippen molar-refractivity contribution in [3.05, 3.63) is 29.7 Å². The summed E-state index contributed by atoms with van der Waals surface area (Å²) in [5.41, 5.74) is 0.910. The van der Waals surface area contributed by atoms with Gasteiger partial charge < -0.3 is 4.90 Å². The smallest absolute Gasteiger partial charge is 0.230 e. The molecule has 0 radical (unpaired) electrons. The van der Waals surface area contributed by atoms with Crippen LogP contribution in [0.1, 0.15) is 12.8 Å². The van der Waals surface area contributed by atoms with Gasteiger partial charge in [0, 0.05) is 30.9 Å².